The number of benzene rings is 2. The van der Waals surface area contributed by atoms with Crippen molar-refractivity contribution in [1.82, 2.24) is 39.5 Å². The lowest BCUT2D eigenvalue weighted by Gasteiger charge is -2.27. The molecule has 12 nitrogen and oxygen atoms in total. The van der Waals surface area contributed by atoms with Crippen LogP contribution >= 0.6 is 11.6 Å². The predicted molar refractivity (Wildman–Crippen MR) is 190 cm³/mol. The molecule has 1 N–H and O–H groups in total. The number of nitrogens with one attached hydrogen (secondary N) is 1. The molecular formula is C36H31ClF8N10O2. The van der Waals surface area contributed by atoms with E-state index in [-0.39, 0.29) is 35.9 Å². The molecule has 0 atom stereocenters. The lowest BCUT2D eigenvalue weighted by atomic mass is 10.1. The Labute approximate surface area is 323 Å². The van der Waals surface area contributed by atoms with Crippen molar-refractivity contribution in [2.75, 3.05) is 28.8 Å². The maximum atomic E-state index is 13.2. The average molecular weight is 823 g/mol. The van der Waals surface area contributed by atoms with Crippen LogP contribution in [-0.4, -0.2) is 70.3 Å². The first-order valence-corrected chi connectivity index (χ1v) is 17.7. The largest absolute Gasteiger partial charge is 0.419 e. The molecule has 57 heavy (non-hydrogen) atoms. The van der Waals surface area contributed by atoms with Crippen molar-refractivity contribution in [2.45, 2.75) is 44.6 Å². The molecule has 0 saturated carbocycles. The zero-order valence-corrected chi connectivity index (χ0v) is 30.2. The number of H-pyrrole nitrogens is 1. The molecule has 0 radical (unpaired) electrons. The number of alkyl halides is 7. The molecule has 21 heteroatoms. The number of carbonyl (C=O) groups excluding carboxylic acids is 2. The molecule has 2 aliphatic heterocycles. The third-order valence-corrected chi connectivity index (χ3v) is 9.04. The highest BCUT2D eigenvalue weighted by Crippen LogP contribution is 2.32. The van der Waals surface area contributed by atoms with Crippen LogP contribution in [-0.2, 0) is 41.3 Å². The van der Waals surface area contributed by atoms with Gasteiger partial charge in [0.15, 0.2) is 0 Å². The van der Waals surface area contributed by atoms with Crippen LogP contribution in [0.4, 0.5) is 46.5 Å². The molecule has 6 aromatic rings. The Hall–Kier alpha value is -6.05. The van der Waals surface area contributed by atoms with E-state index in [1.54, 1.807) is 50.9 Å². The summed E-state index contributed by atoms with van der Waals surface area (Å²) in [5.74, 6) is -1.18. The van der Waals surface area contributed by atoms with E-state index in [0.29, 0.717) is 43.5 Å². The van der Waals surface area contributed by atoms with Crippen molar-refractivity contribution in [3.8, 4) is 11.4 Å². The number of aromatic amines is 1. The number of fused-ring (bicyclic) bond motifs is 2. The van der Waals surface area contributed by atoms with Crippen molar-refractivity contribution in [2.24, 2.45) is 0 Å². The fourth-order valence-corrected chi connectivity index (χ4v) is 6.27. The lowest BCUT2D eigenvalue weighted by molar-refractivity contribution is -0.138. The van der Waals surface area contributed by atoms with Gasteiger partial charge in [0.25, 0.3) is 0 Å². The Morgan fingerprint density at radius 1 is 0.667 bits per heavy atom. The standard InChI is InChI=1S/C18H15F4N5O.C14H13ClFN3O.C4H3F3N2/c19-13-3-5-14(6-4-13)27-15-2-1-7-26(16(15)9-24-27)17(28)11-25-10-12(8-23-25)18(20,21)22;15-8-14(20)18-7-1-2-12-13(18)9-17-19(12)11-5-3-10(16)4-6-11;5-4(6,7)3-1-8-9-2-3/h3-6,8-10H,1-2,7,11H2;3-6,9H,1-2,7-8H2;1-2H,(H,8,9). The summed E-state index contributed by atoms with van der Waals surface area (Å²) in [6.45, 7) is 0.791. The molecule has 2 amide bonds. The van der Waals surface area contributed by atoms with Gasteiger partial charge in [-0.15, -0.1) is 11.6 Å². The third kappa shape index (κ3) is 9.50. The van der Waals surface area contributed by atoms with Crippen LogP contribution in [0.5, 0.6) is 0 Å². The second kappa shape index (κ2) is 17.0. The number of hydrogen-bond acceptors (Lipinski definition) is 6. The molecule has 300 valence electrons. The molecule has 0 unspecified atom stereocenters. The monoisotopic (exact) mass is 822 g/mol. The van der Waals surface area contributed by atoms with Crippen molar-refractivity contribution >= 4 is 34.8 Å². The Morgan fingerprint density at radius 3 is 1.56 bits per heavy atom. The lowest BCUT2D eigenvalue weighted by Crippen LogP contribution is -2.37. The highest BCUT2D eigenvalue weighted by molar-refractivity contribution is 6.29. The minimum absolute atomic E-state index is 0.0405. The minimum Gasteiger partial charge on any atom is -0.308 e. The van der Waals surface area contributed by atoms with Gasteiger partial charge in [0.05, 0.1) is 70.1 Å². The molecule has 2 aromatic carbocycles. The van der Waals surface area contributed by atoms with Crippen LogP contribution < -0.4 is 9.80 Å². The number of hydrogen-bond donors (Lipinski definition) is 1. The van der Waals surface area contributed by atoms with E-state index in [4.69, 9.17) is 11.6 Å². The van der Waals surface area contributed by atoms with E-state index < -0.39 is 23.5 Å². The molecule has 0 fully saturated rings. The van der Waals surface area contributed by atoms with Gasteiger partial charge in [-0.1, -0.05) is 0 Å². The first-order chi connectivity index (χ1) is 27.1. The van der Waals surface area contributed by atoms with E-state index in [2.05, 4.69) is 25.5 Å². The van der Waals surface area contributed by atoms with Crippen LogP contribution in [0, 0.1) is 11.6 Å². The van der Waals surface area contributed by atoms with Gasteiger partial charge in [0.1, 0.15) is 24.1 Å². The summed E-state index contributed by atoms with van der Waals surface area (Å²) in [7, 11) is 0. The third-order valence-electron chi connectivity index (χ3n) is 8.81. The van der Waals surface area contributed by atoms with Gasteiger partial charge in [-0.25, -0.2) is 18.1 Å². The maximum Gasteiger partial charge on any atom is 0.419 e. The fourth-order valence-electron chi connectivity index (χ4n) is 6.13. The highest BCUT2D eigenvalue weighted by Gasteiger charge is 2.33. The molecule has 4 aromatic heterocycles. The summed E-state index contributed by atoms with van der Waals surface area (Å²) in [6.07, 6.45) is 0.535. The second-order valence-corrected chi connectivity index (χ2v) is 12.8. The number of nitrogens with zero attached hydrogens (tertiary/aromatic N) is 9. The zero-order valence-electron chi connectivity index (χ0n) is 29.5. The van der Waals surface area contributed by atoms with E-state index in [1.165, 1.54) is 29.2 Å². The van der Waals surface area contributed by atoms with Crippen LogP contribution in [0.25, 0.3) is 11.4 Å². The van der Waals surface area contributed by atoms with Crippen molar-refractivity contribution in [1.29, 1.82) is 0 Å². The van der Waals surface area contributed by atoms with Crippen LogP contribution in [0.2, 0.25) is 0 Å². The quantitative estimate of drug-likeness (QED) is 0.146. The van der Waals surface area contributed by atoms with Gasteiger partial charge in [0.2, 0.25) is 11.8 Å². The van der Waals surface area contributed by atoms with Crippen molar-refractivity contribution < 1.29 is 44.7 Å². The van der Waals surface area contributed by atoms with E-state index >= 15 is 0 Å². The van der Waals surface area contributed by atoms with Gasteiger partial charge < -0.3 is 9.80 Å². The van der Waals surface area contributed by atoms with Gasteiger partial charge in [0, 0.05) is 25.5 Å². The number of halogens is 9. The predicted octanol–water partition coefficient (Wildman–Crippen LogP) is 7.16. The number of aromatic nitrogens is 8. The van der Waals surface area contributed by atoms with Gasteiger partial charge >= 0.3 is 12.4 Å². The number of amides is 2. The Bertz CT molecular complexity index is 2280. The Morgan fingerprint density at radius 2 is 1.16 bits per heavy atom. The summed E-state index contributed by atoms with van der Waals surface area (Å²) < 4.78 is 103. The molecule has 0 bridgehead atoms. The van der Waals surface area contributed by atoms with Crippen LogP contribution in [0.1, 0.15) is 35.4 Å². The Balaban J connectivity index is 0.000000164. The molecule has 6 heterocycles. The molecule has 0 saturated heterocycles. The van der Waals surface area contributed by atoms with Crippen LogP contribution in [0.3, 0.4) is 0 Å². The smallest absolute Gasteiger partial charge is 0.308 e. The van der Waals surface area contributed by atoms with Gasteiger partial charge in [-0.2, -0.15) is 46.7 Å². The summed E-state index contributed by atoms with van der Waals surface area (Å²) >= 11 is 5.63. The second-order valence-electron chi connectivity index (χ2n) is 12.6. The van der Waals surface area contributed by atoms with E-state index in [9.17, 15) is 44.7 Å². The highest BCUT2D eigenvalue weighted by atomic mass is 35.5. The average Bonchev–Trinajstić information content (AvgIpc) is 4.02. The van der Waals surface area contributed by atoms with Gasteiger partial charge in [-0.3, -0.25) is 19.4 Å². The number of carbonyl (C=O) groups is 2. The number of anilines is 2. The molecule has 8 rings (SSSR count). The molecule has 0 aliphatic carbocycles. The summed E-state index contributed by atoms with van der Waals surface area (Å²) in [4.78, 5) is 27.7. The first-order valence-electron chi connectivity index (χ1n) is 17.1. The maximum absolute atomic E-state index is 13.2. The summed E-state index contributed by atoms with van der Waals surface area (Å²) in [5.41, 5.74) is 2.96. The van der Waals surface area contributed by atoms with Crippen molar-refractivity contribution in [3.63, 3.8) is 0 Å². The molecule has 2 aliphatic rings. The SMILES string of the molecule is FC(F)(F)c1cn[nH]c1.O=C(CCl)N1CCCc2c1cnn2-c1ccc(F)cc1.O=C(Cn1cc(C(F)(F)F)cn1)N1CCCc2c1cnn2-c1ccc(F)cc1. The topological polar surface area (TPSA) is 123 Å². The van der Waals surface area contributed by atoms with E-state index in [0.717, 1.165) is 58.9 Å². The van der Waals surface area contributed by atoms with Crippen LogP contribution in [0.15, 0.2) is 85.7 Å². The normalized spacial score (nSPS) is 13.8. The molecule has 0 spiro atoms. The Kier molecular flexibility index (Phi) is 12.1. The van der Waals surface area contributed by atoms with Gasteiger partial charge in [-0.05, 0) is 74.2 Å². The first kappa shape index (κ1) is 40.6. The number of rotatable bonds is 5. The molecular weight excluding hydrogens is 792 g/mol. The zero-order chi connectivity index (χ0) is 40.9. The summed E-state index contributed by atoms with van der Waals surface area (Å²) in [6, 6.07) is 12.0. The minimum atomic E-state index is -4.50. The fraction of sp³-hybridized carbons (Fsp3) is 0.278. The van der Waals surface area contributed by atoms with Crippen molar-refractivity contribution in [3.05, 3.63) is 120 Å². The summed E-state index contributed by atoms with van der Waals surface area (Å²) in [5, 5.41) is 17.5. The van der Waals surface area contributed by atoms with E-state index in [1.807, 2.05) is 0 Å².